The average molecular weight is 352 g/mol. The van der Waals surface area contributed by atoms with Crippen LogP contribution in [0.1, 0.15) is 10.4 Å². The second-order valence-corrected chi connectivity index (χ2v) is 5.14. The highest BCUT2D eigenvalue weighted by atomic mass is 35.5. The first-order valence-corrected chi connectivity index (χ1v) is 7.36. The Kier molecular flexibility index (Phi) is 5.76. The summed E-state index contributed by atoms with van der Waals surface area (Å²) in [6.07, 6.45) is 0. The van der Waals surface area contributed by atoms with Crippen LogP contribution >= 0.6 is 11.6 Å². The van der Waals surface area contributed by atoms with Gasteiger partial charge in [0.15, 0.2) is 11.5 Å². The third-order valence-electron chi connectivity index (χ3n) is 3.36. The molecule has 0 fully saturated rings. The van der Waals surface area contributed by atoms with Crippen molar-refractivity contribution in [1.29, 1.82) is 0 Å². The molecule has 0 radical (unpaired) electrons. The zero-order valence-electron chi connectivity index (χ0n) is 13.8. The zero-order chi connectivity index (χ0) is 17.7. The van der Waals surface area contributed by atoms with E-state index in [1.54, 1.807) is 30.3 Å². The van der Waals surface area contributed by atoms with Crippen molar-refractivity contribution in [2.45, 2.75) is 0 Å². The van der Waals surface area contributed by atoms with Gasteiger partial charge >= 0.3 is 0 Å². The smallest absolute Gasteiger partial charge is 0.259 e. The van der Waals surface area contributed by atoms with Gasteiger partial charge in [0.1, 0.15) is 11.5 Å². The number of carbonyl (C=O) groups excluding carboxylic acids is 1. The Balaban J connectivity index is 2.41. The van der Waals surface area contributed by atoms with Crippen molar-refractivity contribution in [2.24, 2.45) is 0 Å². The van der Waals surface area contributed by atoms with Crippen molar-refractivity contribution in [1.82, 2.24) is 0 Å². The van der Waals surface area contributed by atoms with Crippen LogP contribution in [0.3, 0.4) is 0 Å². The molecular weight excluding hydrogens is 334 g/mol. The summed E-state index contributed by atoms with van der Waals surface area (Å²) in [6, 6.07) is 8.08. The molecule has 2 rings (SSSR count). The fourth-order valence-electron chi connectivity index (χ4n) is 2.17. The first kappa shape index (κ1) is 17.7. The molecule has 6 nitrogen and oxygen atoms in total. The average Bonchev–Trinajstić information content (AvgIpc) is 2.60. The Hall–Kier alpha value is -2.60. The second-order valence-electron chi connectivity index (χ2n) is 4.71. The molecule has 128 valence electrons. The highest BCUT2D eigenvalue weighted by molar-refractivity contribution is 6.31. The molecule has 0 atom stereocenters. The van der Waals surface area contributed by atoms with Crippen LogP contribution in [-0.4, -0.2) is 34.3 Å². The molecule has 2 aromatic carbocycles. The number of ether oxygens (including phenoxy) is 4. The lowest BCUT2D eigenvalue weighted by molar-refractivity contribution is 0.102. The fraction of sp³-hybridized carbons (Fsp3) is 0.235. The largest absolute Gasteiger partial charge is 0.496 e. The Morgan fingerprint density at radius 2 is 1.42 bits per heavy atom. The highest BCUT2D eigenvalue weighted by Gasteiger charge is 2.19. The summed E-state index contributed by atoms with van der Waals surface area (Å²) in [5, 5.41) is 3.23. The monoisotopic (exact) mass is 351 g/mol. The van der Waals surface area contributed by atoms with Gasteiger partial charge in [-0.3, -0.25) is 4.79 Å². The Morgan fingerprint density at radius 3 is 2.00 bits per heavy atom. The normalized spacial score (nSPS) is 10.0. The number of anilines is 1. The van der Waals surface area contributed by atoms with Crippen LogP contribution in [0.5, 0.6) is 23.0 Å². The zero-order valence-corrected chi connectivity index (χ0v) is 14.6. The van der Waals surface area contributed by atoms with Gasteiger partial charge in [0.05, 0.1) is 39.7 Å². The molecule has 24 heavy (non-hydrogen) atoms. The van der Waals surface area contributed by atoms with Crippen molar-refractivity contribution in [2.75, 3.05) is 33.8 Å². The molecule has 2 aromatic rings. The fourth-order valence-corrected chi connectivity index (χ4v) is 2.35. The molecular formula is C17H18ClNO5. The van der Waals surface area contributed by atoms with E-state index in [1.165, 1.54) is 28.4 Å². The summed E-state index contributed by atoms with van der Waals surface area (Å²) in [4.78, 5) is 12.7. The van der Waals surface area contributed by atoms with E-state index < -0.39 is 5.91 Å². The maximum Gasteiger partial charge on any atom is 0.259 e. The summed E-state index contributed by atoms with van der Waals surface area (Å²) < 4.78 is 20.9. The first-order chi connectivity index (χ1) is 11.5. The molecule has 0 aliphatic carbocycles. The predicted octanol–water partition coefficient (Wildman–Crippen LogP) is 3.63. The third-order valence-corrected chi connectivity index (χ3v) is 3.60. The van der Waals surface area contributed by atoms with E-state index in [1.807, 2.05) is 0 Å². The van der Waals surface area contributed by atoms with Crippen molar-refractivity contribution in [3.8, 4) is 23.0 Å². The van der Waals surface area contributed by atoms with E-state index >= 15 is 0 Å². The minimum absolute atomic E-state index is 0.289. The molecule has 0 saturated heterocycles. The molecule has 0 aliphatic rings. The van der Waals surface area contributed by atoms with Crippen molar-refractivity contribution >= 4 is 23.2 Å². The molecule has 0 aromatic heterocycles. The molecule has 0 heterocycles. The molecule has 0 bridgehead atoms. The Bertz CT molecular complexity index is 748. The number of hydrogen-bond acceptors (Lipinski definition) is 5. The van der Waals surface area contributed by atoms with Crippen molar-refractivity contribution in [3.05, 3.63) is 40.9 Å². The lowest BCUT2D eigenvalue weighted by Gasteiger charge is -2.15. The lowest BCUT2D eigenvalue weighted by atomic mass is 10.1. The highest BCUT2D eigenvalue weighted by Crippen LogP contribution is 2.35. The number of amides is 1. The lowest BCUT2D eigenvalue weighted by Crippen LogP contribution is -2.14. The number of hydrogen-bond donors (Lipinski definition) is 1. The molecule has 0 saturated carbocycles. The number of halogens is 1. The van der Waals surface area contributed by atoms with Gasteiger partial charge in [-0.05, 0) is 18.2 Å². The van der Waals surface area contributed by atoms with E-state index in [9.17, 15) is 4.79 Å². The van der Waals surface area contributed by atoms with Crippen LogP contribution in [0, 0.1) is 0 Å². The van der Waals surface area contributed by atoms with Gasteiger partial charge in [-0.25, -0.2) is 0 Å². The Morgan fingerprint density at radius 1 is 0.833 bits per heavy atom. The number of carbonyl (C=O) groups is 1. The molecule has 1 N–H and O–H groups in total. The van der Waals surface area contributed by atoms with Crippen LogP contribution in [-0.2, 0) is 0 Å². The standard InChI is InChI=1S/C17H18ClNO5/c1-21-13-6-5-10(18)7-12(13)19-17(20)11-8-15(23-3)16(24-4)9-14(11)22-2/h5-9H,1-4H3,(H,19,20). The van der Waals surface area contributed by atoms with E-state index in [2.05, 4.69) is 5.32 Å². The second kappa shape index (κ2) is 7.79. The van der Waals surface area contributed by atoms with Gasteiger partial charge < -0.3 is 24.3 Å². The Labute approximate surface area is 145 Å². The van der Waals surface area contributed by atoms with Crippen molar-refractivity contribution in [3.63, 3.8) is 0 Å². The summed E-state index contributed by atoms with van der Waals surface area (Å²) in [5.74, 6) is 1.33. The minimum atomic E-state index is -0.395. The minimum Gasteiger partial charge on any atom is -0.496 e. The summed E-state index contributed by atoms with van der Waals surface area (Å²) in [5.41, 5.74) is 0.740. The number of nitrogens with one attached hydrogen (secondary N) is 1. The van der Waals surface area contributed by atoms with Crippen LogP contribution in [0.25, 0.3) is 0 Å². The van der Waals surface area contributed by atoms with Crippen LogP contribution in [0.15, 0.2) is 30.3 Å². The maximum atomic E-state index is 12.7. The van der Waals surface area contributed by atoms with E-state index in [4.69, 9.17) is 30.5 Å². The van der Waals surface area contributed by atoms with Crippen LogP contribution in [0.4, 0.5) is 5.69 Å². The summed E-state index contributed by atoms with van der Waals surface area (Å²) in [6.45, 7) is 0. The molecule has 0 spiro atoms. The van der Waals surface area contributed by atoms with Crippen molar-refractivity contribution < 1.29 is 23.7 Å². The third kappa shape index (κ3) is 3.65. The van der Waals surface area contributed by atoms with Gasteiger partial charge in [-0.2, -0.15) is 0 Å². The van der Waals surface area contributed by atoms with Gasteiger partial charge in [-0.1, -0.05) is 11.6 Å². The van der Waals surface area contributed by atoms with Gasteiger partial charge in [0, 0.05) is 17.2 Å². The topological polar surface area (TPSA) is 66.0 Å². The van der Waals surface area contributed by atoms with E-state index in [-0.39, 0.29) is 5.56 Å². The maximum absolute atomic E-state index is 12.7. The number of benzene rings is 2. The summed E-state index contributed by atoms with van der Waals surface area (Å²) in [7, 11) is 5.98. The van der Waals surface area contributed by atoms with Gasteiger partial charge in [-0.15, -0.1) is 0 Å². The van der Waals surface area contributed by atoms with Crippen LogP contribution in [0.2, 0.25) is 5.02 Å². The molecule has 7 heteroatoms. The molecule has 0 aliphatic heterocycles. The number of rotatable bonds is 6. The summed E-state index contributed by atoms with van der Waals surface area (Å²) >= 11 is 5.98. The predicted molar refractivity (Wildman–Crippen MR) is 92.1 cm³/mol. The molecule has 0 unspecified atom stereocenters. The quantitative estimate of drug-likeness (QED) is 0.860. The molecule has 1 amide bonds. The van der Waals surface area contributed by atoms with Crippen LogP contribution < -0.4 is 24.3 Å². The number of methoxy groups -OCH3 is 4. The SMILES string of the molecule is COc1ccc(Cl)cc1NC(=O)c1cc(OC)c(OC)cc1OC. The van der Waals surface area contributed by atoms with Gasteiger partial charge in [0.2, 0.25) is 0 Å². The van der Waals surface area contributed by atoms with E-state index in [0.717, 1.165) is 0 Å². The first-order valence-electron chi connectivity index (χ1n) is 6.99. The van der Waals surface area contributed by atoms with E-state index in [0.29, 0.717) is 33.7 Å². The van der Waals surface area contributed by atoms with Gasteiger partial charge in [0.25, 0.3) is 5.91 Å².